The van der Waals surface area contributed by atoms with E-state index in [0.29, 0.717) is 28.4 Å². The molecule has 4 nitrogen and oxygen atoms in total. The summed E-state index contributed by atoms with van der Waals surface area (Å²) < 4.78 is 21.1. The Morgan fingerprint density at radius 3 is 2.71 bits per heavy atom. The molecule has 0 N–H and O–H groups in total. The molecule has 0 bridgehead atoms. The molecule has 0 saturated heterocycles. The van der Waals surface area contributed by atoms with E-state index < -0.39 is 0 Å². The summed E-state index contributed by atoms with van der Waals surface area (Å²) >= 11 is 6.22. The minimum absolute atomic E-state index is 0.275. The number of pyridine rings is 1. The monoisotopic (exact) mass is 341 g/mol. The molecule has 0 aliphatic rings. The Hall–Kier alpha value is -2.66. The summed E-state index contributed by atoms with van der Waals surface area (Å²) in [7, 11) is 1.63. The largest absolute Gasteiger partial charge is 0.497 e. The first-order chi connectivity index (χ1) is 11.7. The molecular formula is C18H13ClFN3O. The molecule has 2 heterocycles. The van der Waals surface area contributed by atoms with Gasteiger partial charge in [0.05, 0.1) is 19.2 Å². The lowest BCUT2D eigenvalue weighted by atomic mass is 10.1. The molecule has 0 saturated carbocycles. The van der Waals surface area contributed by atoms with Gasteiger partial charge >= 0.3 is 0 Å². The number of halogens is 2. The summed E-state index contributed by atoms with van der Waals surface area (Å²) in [4.78, 5) is 4.24. The van der Waals surface area contributed by atoms with Crippen LogP contribution in [0, 0.1) is 5.82 Å². The Balaban J connectivity index is 1.82. The molecule has 24 heavy (non-hydrogen) atoms. The minimum atomic E-state index is -0.328. The fourth-order valence-electron chi connectivity index (χ4n) is 2.79. The summed E-state index contributed by atoms with van der Waals surface area (Å²) in [5.74, 6) is 0.468. The van der Waals surface area contributed by atoms with Crippen molar-refractivity contribution in [3.63, 3.8) is 0 Å². The van der Waals surface area contributed by atoms with Crippen LogP contribution in [0.2, 0.25) is 5.15 Å². The highest BCUT2D eigenvalue weighted by Gasteiger charge is 2.14. The zero-order valence-electron chi connectivity index (χ0n) is 12.8. The van der Waals surface area contributed by atoms with E-state index in [9.17, 15) is 4.39 Å². The molecule has 0 fully saturated rings. The van der Waals surface area contributed by atoms with Gasteiger partial charge in [0.2, 0.25) is 0 Å². The van der Waals surface area contributed by atoms with Crippen LogP contribution in [-0.2, 0) is 6.54 Å². The molecule has 0 aliphatic heterocycles. The van der Waals surface area contributed by atoms with E-state index in [1.165, 1.54) is 6.07 Å². The van der Waals surface area contributed by atoms with Gasteiger partial charge in [-0.15, -0.1) is 0 Å². The highest BCUT2D eigenvalue weighted by molar-refractivity contribution is 6.35. The first kappa shape index (κ1) is 14.9. The molecule has 0 unspecified atom stereocenters. The topological polar surface area (TPSA) is 39.9 Å². The summed E-state index contributed by atoms with van der Waals surface area (Å²) in [6.45, 7) is 0.547. The van der Waals surface area contributed by atoms with Crippen LogP contribution >= 0.6 is 11.6 Å². The van der Waals surface area contributed by atoms with Crippen molar-refractivity contribution in [2.75, 3.05) is 7.11 Å². The summed E-state index contributed by atoms with van der Waals surface area (Å²) in [5.41, 5.74) is 2.08. The molecule has 4 rings (SSSR count). The Labute approximate surface area is 142 Å². The maximum absolute atomic E-state index is 14.2. The van der Waals surface area contributed by atoms with E-state index in [2.05, 4.69) is 10.1 Å². The number of hydrogen-bond donors (Lipinski definition) is 0. The first-order valence-corrected chi connectivity index (χ1v) is 7.77. The lowest BCUT2D eigenvalue weighted by Crippen LogP contribution is -1.99. The molecule has 0 radical (unpaired) electrons. The molecule has 0 aliphatic carbocycles. The van der Waals surface area contributed by atoms with Crippen molar-refractivity contribution >= 4 is 33.4 Å². The SMILES string of the molecule is COc1ccc(Cn2cc3c(n2)c(Cl)nc2cccc(F)c23)cc1. The van der Waals surface area contributed by atoms with Gasteiger partial charge in [-0.05, 0) is 29.8 Å². The van der Waals surface area contributed by atoms with Gasteiger partial charge in [0.25, 0.3) is 0 Å². The number of aromatic nitrogens is 3. The lowest BCUT2D eigenvalue weighted by Gasteiger charge is -2.03. The van der Waals surface area contributed by atoms with Crippen molar-refractivity contribution in [2.45, 2.75) is 6.54 Å². The average molecular weight is 342 g/mol. The van der Waals surface area contributed by atoms with Crippen molar-refractivity contribution in [3.05, 3.63) is 65.2 Å². The van der Waals surface area contributed by atoms with Crippen LogP contribution < -0.4 is 4.74 Å². The van der Waals surface area contributed by atoms with Crippen molar-refractivity contribution in [1.29, 1.82) is 0 Å². The van der Waals surface area contributed by atoms with E-state index in [0.717, 1.165) is 11.3 Å². The summed E-state index contributed by atoms with van der Waals surface area (Å²) in [6, 6.07) is 12.5. The molecule has 0 spiro atoms. The van der Waals surface area contributed by atoms with Gasteiger partial charge in [0.15, 0.2) is 5.15 Å². The molecule has 6 heteroatoms. The third kappa shape index (κ3) is 2.47. The van der Waals surface area contributed by atoms with Crippen molar-refractivity contribution < 1.29 is 9.13 Å². The molecule has 2 aromatic carbocycles. The molecule has 120 valence electrons. The average Bonchev–Trinajstić information content (AvgIpc) is 3.00. The summed E-state index contributed by atoms with van der Waals surface area (Å²) in [5, 5.41) is 5.85. The number of methoxy groups -OCH3 is 1. The molecular weight excluding hydrogens is 329 g/mol. The standard InChI is InChI=1S/C18H13ClFN3O/c1-24-12-7-5-11(6-8-12)9-23-10-13-16-14(20)3-2-4-15(16)21-18(19)17(13)22-23/h2-8,10H,9H2,1H3. The Morgan fingerprint density at radius 1 is 1.17 bits per heavy atom. The fourth-order valence-corrected chi connectivity index (χ4v) is 3.02. The predicted molar refractivity (Wildman–Crippen MR) is 92.1 cm³/mol. The van der Waals surface area contributed by atoms with Crippen LogP contribution in [0.5, 0.6) is 5.75 Å². The van der Waals surface area contributed by atoms with Crippen molar-refractivity contribution in [2.24, 2.45) is 0 Å². The maximum Gasteiger partial charge on any atom is 0.157 e. The first-order valence-electron chi connectivity index (χ1n) is 7.39. The quantitative estimate of drug-likeness (QED) is 0.517. The number of nitrogens with zero attached hydrogens (tertiary/aromatic N) is 3. The molecule has 4 aromatic rings. The van der Waals surface area contributed by atoms with Gasteiger partial charge in [0.1, 0.15) is 17.1 Å². The second-order valence-electron chi connectivity index (χ2n) is 5.47. The summed E-state index contributed by atoms with van der Waals surface area (Å²) in [6.07, 6.45) is 1.80. The Bertz CT molecular complexity index is 1040. The molecule has 0 amide bonds. The van der Waals surface area contributed by atoms with Crippen molar-refractivity contribution in [1.82, 2.24) is 14.8 Å². The molecule has 2 aromatic heterocycles. The number of rotatable bonds is 3. The van der Waals surface area contributed by atoms with Gasteiger partial charge < -0.3 is 4.74 Å². The second kappa shape index (κ2) is 5.76. The van der Waals surface area contributed by atoms with Gasteiger partial charge in [-0.3, -0.25) is 4.68 Å². The van der Waals surface area contributed by atoms with Crippen LogP contribution in [0.25, 0.3) is 21.8 Å². The number of benzene rings is 2. The predicted octanol–water partition coefficient (Wildman–Crippen LogP) is 4.43. The smallest absolute Gasteiger partial charge is 0.157 e. The van der Waals surface area contributed by atoms with Crippen LogP contribution in [0.15, 0.2) is 48.7 Å². The van der Waals surface area contributed by atoms with E-state index in [1.54, 1.807) is 30.1 Å². The van der Waals surface area contributed by atoms with Gasteiger partial charge in [-0.1, -0.05) is 29.8 Å². The minimum Gasteiger partial charge on any atom is -0.497 e. The van der Waals surface area contributed by atoms with E-state index in [-0.39, 0.29) is 11.0 Å². The second-order valence-corrected chi connectivity index (χ2v) is 5.83. The van der Waals surface area contributed by atoms with E-state index >= 15 is 0 Å². The fraction of sp³-hybridized carbons (Fsp3) is 0.111. The Morgan fingerprint density at radius 2 is 1.96 bits per heavy atom. The van der Waals surface area contributed by atoms with Crippen LogP contribution in [0.4, 0.5) is 4.39 Å². The van der Waals surface area contributed by atoms with Gasteiger partial charge in [0, 0.05) is 17.0 Å². The third-order valence-corrected chi connectivity index (χ3v) is 4.20. The normalized spacial score (nSPS) is 11.3. The highest BCUT2D eigenvalue weighted by Crippen LogP contribution is 2.30. The van der Waals surface area contributed by atoms with Crippen molar-refractivity contribution in [3.8, 4) is 5.75 Å². The van der Waals surface area contributed by atoms with Gasteiger partial charge in [-0.2, -0.15) is 5.10 Å². The van der Waals surface area contributed by atoms with Crippen LogP contribution in [0.3, 0.4) is 0 Å². The Kier molecular flexibility index (Phi) is 3.58. The van der Waals surface area contributed by atoms with Gasteiger partial charge in [-0.25, -0.2) is 9.37 Å². The third-order valence-electron chi connectivity index (χ3n) is 3.94. The number of ether oxygens (including phenoxy) is 1. The maximum atomic E-state index is 14.2. The van der Waals surface area contributed by atoms with Crippen LogP contribution in [0.1, 0.15) is 5.56 Å². The number of hydrogen-bond acceptors (Lipinski definition) is 3. The zero-order valence-corrected chi connectivity index (χ0v) is 13.6. The zero-order chi connectivity index (χ0) is 16.7. The van der Waals surface area contributed by atoms with E-state index in [4.69, 9.17) is 16.3 Å². The number of fused-ring (bicyclic) bond motifs is 3. The lowest BCUT2D eigenvalue weighted by molar-refractivity contribution is 0.414. The van der Waals surface area contributed by atoms with E-state index in [1.807, 2.05) is 24.3 Å². The molecule has 0 atom stereocenters. The highest BCUT2D eigenvalue weighted by atomic mass is 35.5. The van der Waals surface area contributed by atoms with Crippen LogP contribution in [-0.4, -0.2) is 21.9 Å².